The maximum Gasteiger partial charge on any atom is 0.296 e. The molecule has 0 atom stereocenters. The smallest absolute Gasteiger partial charge is 0.296 e. The summed E-state index contributed by atoms with van der Waals surface area (Å²) in [6, 6.07) is 9.54. The predicted octanol–water partition coefficient (Wildman–Crippen LogP) is 3.31. The number of para-hydroxylation sites is 1. The maximum absolute atomic E-state index is 14.1. The Morgan fingerprint density at radius 3 is 1.93 bits per heavy atom. The van der Waals surface area contributed by atoms with Crippen molar-refractivity contribution in [3.63, 3.8) is 0 Å². The number of hydrogen-bond acceptors (Lipinski definition) is 6. The number of halogens is 2. The number of benzene rings is 3. The lowest BCUT2D eigenvalue weighted by molar-refractivity contribution is 0.0980. The predicted molar refractivity (Wildman–Crippen MR) is 104 cm³/mol. The zero-order chi connectivity index (χ0) is 21.8. The number of nitrogens with one attached hydrogen (secondary N) is 1. The molecule has 152 valence electrons. The Hall–Kier alpha value is -3.63. The molecule has 0 bridgehead atoms. The average molecular weight is 430 g/mol. The van der Waals surface area contributed by atoms with Gasteiger partial charge in [-0.25, -0.2) is 8.78 Å². The number of hydrogen-bond donors (Lipinski definition) is 3. The van der Waals surface area contributed by atoms with E-state index < -0.39 is 60.8 Å². The summed E-state index contributed by atoms with van der Waals surface area (Å²) >= 11 is 0. The molecule has 0 spiro atoms. The van der Waals surface area contributed by atoms with Crippen molar-refractivity contribution in [2.75, 3.05) is 11.1 Å². The van der Waals surface area contributed by atoms with Gasteiger partial charge in [0.2, 0.25) is 0 Å². The minimum Gasteiger partial charge on any atom is -0.397 e. The van der Waals surface area contributed by atoms with Gasteiger partial charge in [0.25, 0.3) is 10.1 Å². The summed E-state index contributed by atoms with van der Waals surface area (Å²) in [7, 11) is -4.94. The number of anilines is 3. The number of fused-ring (bicyclic) bond motifs is 2. The molecular formula is C20H12F2N2O5S. The van der Waals surface area contributed by atoms with E-state index in [0.717, 1.165) is 24.3 Å². The molecule has 0 saturated carbocycles. The first-order valence-electron chi connectivity index (χ1n) is 8.44. The van der Waals surface area contributed by atoms with Gasteiger partial charge >= 0.3 is 0 Å². The summed E-state index contributed by atoms with van der Waals surface area (Å²) in [6.45, 7) is 0. The Balaban J connectivity index is 2.06. The van der Waals surface area contributed by atoms with Crippen LogP contribution in [0.5, 0.6) is 0 Å². The molecule has 0 heterocycles. The molecule has 3 aromatic rings. The third kappa shape index (κ3) is 2.93. The van der Waals surface area contributed by atoms with Crippen LogP contribution in [0, 0.1) is 11.6 Å². The standard InChI is InChI=1S/C20H12F2N2O5S/c21-11-6-3-7-12(22)18(11)24-13-8-14(30(27,28)29)17(23)16-15(13)19(25)9-4-1-2-5-10(9)20(16)26/h1-8,24H,23H2,(H,27,28,29). The van der Waals surface area contributed by atoms with Gasteiger partial charge < -0.3 is 11.1 Å². The van der Waals surface area contributed by atoms with Gasteiger partial charge in [0.15, 0.2) is 11.6 Å². The number of rotatable bonds is 3. The quantitative estimate of drug-likeness (QED) is 0.336. The maximum atomic E-state index is 14.1. The average Bonchev–Trinajstić information content (AvgIpc) is 2.68. The van der Waals surface area contributed by atoms with E-state index in [1.165, 1.54) is 24.3 Å². The first-order chi connectivity index (χ1) is 14.1. The largest absolute Gasteiger partial charge is 0.397 e. The Bertz CT molecular complexity index is 1350. The Kier molecular flexibility index (Phi) is 4.40. The van der Waals surface area contributed by atoms with Gasteiger partial charge in [0.05, 0.1) is 22.5 Å². The molecule has 4 N–H and O–H groups in total. The SMILES string of the molecule is Nc1c(S(=O)(=O)O)cc(Nc2c(F)cccc2F)c2c1C(=O)c1ccccc1C2=O. The molecule has 4 rings (SSSR count). The zero-order valence-electron chi connectivity index (χ0n) is 14.9. The summed E-state index contributed by atoms with van der Waals surface area (Å²) in [5, 5.41) is 2.34. The van der Waals surface area contributed by atoms with Crippen LogP contribution in [0.3, 0.4) is 0 Å². The van der Waals surface area contributed by atoms with E-state index in [9.17, 15) is 31.3 Å². The molecule has 0 aliphatic heterocycles. The molecule has 30 heavy (non-hydrogen) atoms. The molecular weight excluding hydrogens is 418 g/mol. The van der Waals surface area contributed by atoms with Crippen LogP contribution in [0.2, 0.25) is 0 Å². The van der Waals surface area contributed by atoms with E-state index in [1.54, 1.807) is 0 Å². The molecule has 0 radical (unpaired) electrons. The van der Waals surface area contributed by atoms with Crippen LogP contribution in [-0.4, -0.2) is 24.5 Å². The monoisotopic (exact) mass is 430 g/mol. The van der Waals surface area contributed by atoms with Crippen molar-refractivity contribution in [1.82, 2.24) is 0 Å². The molecule has 0 aromatic heterocycles. The number of ketones is 2. The van der Waals surface area contributed by atoms with E-state index in [2.05, 4.69) is 5.32 Å². The summed E-state index contributed by atoms with van der Waals surface area (Å²) in [4.78, 5) is 25.2. The lowest BCUT2D eigenvalue weighted by Gasteiger charge is -2.23. The molecule has 0 fully saturated rings. The van der Waals surface area contributed by atoms with Crippen LogP contribution in [0.4, 0.5) is 25.8 Å². The van der Waals surface area contributed by atoms with Crippen LogP contribution in [-0.2, 0) is 10.1 Å². The molecule has 3 aromatic carbocycles. The van der Waals surface area contributed by atoms with Crippen molar-refractivity contribution in [3.05, 3.63) is 82.4 Å². The third-order valence-electron chi connectivity index (χ3n) is 4.70. The van der Waals surface area contributed by atoms with Crippen LogP contribution < -0.4 is 11.1 Å². The van der Waals surface area contributed by atoms with Gasteiger partial charge in [-0.1, -0.05) is 30.3 Å². The van der Waals surface area contributed by atoms with Crippen molar-refractivity contribution in [2.24, 2.45) is 0 Å². The van der Waals surface area contributed by atoms with E-state index in [1.807, 2.05) is 0 Å². The van der Waals surface area contributed by atoms with E-state index >= 15 is 0 Å². The fourth-order valence-corrected chi connectivity index (χ4v) is 4.00. The normalized spacial score (nSPS) is 13.0. The molecule has 1 aliphatic rings. The van der Waals surface area contributed by atoms with E-state index in [-0.39, 0.29) is 16.7 Å². The van der Waals surface area contributed by atoms with Crippen molar-refractivity contribution in [2.45, 2.75) is 4.90 Å². The first kappa shape index (κ1) is 19.7. The fourth-order valence-electron chi connectivity index (χ4n) is 3.36. The minimum absolute atomic E-state index is 0.0165. The highest BCUT2D eigenvalue weighted by Gasteiger charge is 2.36. The highest BCUT2D eigenvalue weighted by atomic mass is 32.2. The highest BCUT2D eigenvalue weighted by molar-refractivity contribution is 7.86. The zero-order valence-corrected chi connectivity index (χ0v) is 15.8. The number of nitrogens with two attached hydrogens (primary N) is 1. The second-order valence-corrected chi connectivity index (χ2v) is 7.88. The van der Waals surface area contributed by atoms with Crippen molar-refractivity contribution in [1.29, 1.82) is 0 Å². The van der Waals surface area contributed by atoms with Crippen LogP contribution in [0.25, 0.3) is 0 Å². The van der Waals surface area contributed by atoms with Gasteiger partial charge in [-0.15, -0.1) is 0 Å². The molecule has 10 heteroatoms. The van der Waals surface area contributed by atoms with E-state index in [0.29, 0.717) is 0 Å². The molecule has 0 saturated heterocycles. The molecule has 0 unspecified atom stereocenters. The van der Waals surface area contributed by atoms with E-state index in [4.69, 9.17) is 5.73 Å². The number of carbonyl (C=O) groups is 2. The lowest BCUT2D eigenvalue weighted by atomic mass is 9.82. The summed E-state index contributed by atoms with van der Waals surface area (Å²) in [6.07, 6.45) is 0. The van der Waals surface area contributed by atoms with Crippen LogP contribution in [0.15, 0.2) is 53.4 Å². The number of nitrogen functional groups attached to an aromatic ring is 1. The second kappa shape index (κ2) is 6.71. The van der Waals surface area contributed by atoms with Gasteiger partial charge in [0.1, 0.15) is 22.2 Å². The summed E-state index contributed by atoms with van der Waals surface area (Å²) < 4.78 is 61.5. The van der Waals surface area contributed by atoms with Gasteiger partial charge in [0, 0.05) is 11.1 Å². The highest BCUT2D eigenvalue weighted by Crippen LogP contribution is 2.40. The topological polar surface area (TPSA) is 127 Å². The second-order valence-electron chi connectivity index (χ2n) is 6.49. The number of carbonyl (C=O) groups excluding carboxylic acids is 2. The van der Waals surface area contributed by atoms with Gasteiger partial charge in [-0.3, -0.25) is 14.1 Å². The lowest BCUT2D eigenvalue weighted by Crippen LogP contribution is -2.25. The third-order valence-corrected chi connectivity index (χ3v) is 5.59. The summed E-state index contributed by atoms with van der Waals surface area (Å²) in [5.41, 5.74) is 3.29. The Labute approximate surface area is 168 Å². The van der Waals surface area contributed by atoms with Crippen LogP contribution >= 0.6 is 0 Å². The van der Waals surface area contributed by atoms with Crippen molar-refractivity contribution < 1.29 is 31.3 Å². The molecule has 1 aliphatic carbocycles. The Morgan fingerprint density at radius 1 is 0.867 bits per heavy atom. The van der Waals surface area contributed by atoms with Crippen LogP contribution in [0.1, 0.15) is 31.8 Å². The molecule has 0 amide bonds. The minimum atomic E-state index is -4.94. The Morgan fingerprint density at radius 2 is 1.40 bits per heavy atom. The van der Waals surface area contributed by atoms with Gasteiger partial charge in [-0.2, -0.15) is 8.42 Å². The first-order valence-corrected chi connectivity index (χ1v) is 9.88. The van der Waals surface area contributed by atoms with Crippen molar-refractivity contribution in [3.8, 4) is 0 Å². The summed E-state index contributed by atoms with van der Waals surface area (Å²) in [5.74, 6) is -3.51. The molecule has 7 nitrogen and oxygen atoms in total. The van der Waals surface area contributed by atoms with Crippen molar-refractivity contribution >= 4 is 38.7 Å². The van der Waals surface area contributed by atoms with Gasteiger partial charge in [-0.05, 0) is 18.2 Å². The fraction of sp³-hybridized carbons (Fsp3) is 0.